The zero-order chi connectivity index (χ0) is 22.8. The number of nitrogens with one attached hydrogen (secondary N) is 2. The smallest absolute Gasteiger partial charge is 0.412 e. The summed E-state index contributed by atoms with van der Waals surface area (Å²) in [4.78, 5) is 15.1. The minimum atomic E-state index is -3.27. The number of H-pyrrole nitrogens is 1. The summed E-state index contributed by atoms with van der Waals surface area (Å²) in [5.41, 5.74) is 2.43. The minimum absolute atomic E-state index is 0.382. The van der Waals surface area contributed by atoms with Crippen molar-refractivity contribution in [3.63, 3.8) is 0 Å². The van der Waals surface area contributed by atoms with Gasteiger partial charge in [0.1, 0.15) is 17.4 Å². The molecule has 3 rings (SSSR count). The summed E-state index contributed by atoms with van der Waals surface area (Å²) >= 11 is 0. The molecule has 2 N–H and O–H groups in total. The number of hydrogen-bond donors (Lipinski definition) is 2. The Balaban J connectivity index is 1.86. The van der Waals surface area contributed by atoms with Crippen molar-refractivity contribution in [1.82, 2.24) is 4.98 Å². The quantitative estimate of drug-likeness (QED) is 0.604. The van der Waals surface area contributed by atoms with E-state index >= 15 is 0 Å². The molecule has 9 heteroatoms. The molecule has 0 aliphatic heterocycles. The third-order valence-corrected chi connectivity index (χ3v) is 4.69. The van der Waals surface area contributed by atoms with E-state index in [1.165, 1.54) is 0 Å². The number of fused-ring (bicyclic) bond motifs is 1. The standard InChI is InChI=1S/C22H23N3O5S/c1-22(2,3)30-21(26)24-15-7-5-14(6-8-15)20-18(12-23)17-10-9-16(11-19(17)25-20)29-13-31(4,27)28/h5-11,25H,13H2,1-4H3,(H,24,26). The first-order chi connectivity index (χ1) is 14.4. The van der Waals surface area contributed by atoms with E-state index in [0.717, 1.165) is 11.8 Å². The van der Waals surface area contributed by atoms with Gasteiger partial charge in [-0.05, 0) is 50.6 Å². The van der Waals surface area contributed by atoms with E-state index in [2.05, 4.69) is 16.4 Å². The molecule has 162 valence electrons. The third kappa shape index (κ3) is 5.77. The fourth-order valence-electron chi connectivity index (χ4n) is 2.92. The van der Waals surface area contributed by atoms with Crippen molar-refractivity contribution in [1.29, 1.82) is 5.26 Å². The molecular weight excluding hydrogens is 418 g/mol. The molecule has 1 aromatic heterocycles. The van der Waals surface area contributed by atoms with Gasteiger partial charge >= 0.3 is 6.09 Å². The molecular formula is C22H23N3O5S. The van der Waals surface area contributed by atoms with E-state index in [0.29, 0.717) is 33.6 Å². The van der Waals surface area contributed by atoms with Gasteiger partial charge in [-0.2, -0.15) is 5.26 Å². The number of carbonyl (C=O) groups excluding carboxylic acids is 1. The number of hydrogen-bond acceptors (Lipinski definition) is 6. The predicted octanol–water partition coefficient (Wildman–Crippen LogP) is 4.43. The summed E-state index contributed by atoms with van der Waals surface area (Å²) in [6.45, 7) is 5.35. The van der Waals surface area contributed by atoms with Crippen LogP contribution in [0.3, 0.4) is 0 Å². The summed E-state index contributed by atoms with van der Waals surface area (Å²) in [7, 11) is -3.27. The molecule has 0 bridgehead atoms. The Kier molecular flexibility index (Phi) is 5.95. The lowest BCUT2D eigenvalue weighted by Crippen LogP contribution is -2.27. The van der Waals surface area contributed by atoms with Gasteiger partial charge in [0.25, 0.3) is 0 Å². The summed E-state index contributed by atoms with van der Waals surface area (Å²) in [6.07, 6.45) is 0.540. The molecule has 0 fully saturated rings. The van der Waals surface area contributed by atoms with Gasteiger partial charge in [0.05, 0.1) is 16.8 Å². The number of anilines is 1. The molecule has 1 heterocycles. The number of amides is 1. The molecule has 0 radical (unpaired) electrons. The number of rotatable bonds is 5. The monoisotopic (exact) mass is 441 g/mol. The molecule has 0 saturated carbocycles. The SMILES string of the molecule is CC(C)(C)OC(=O)Nc1ccc(-c2[nH]c3cc(OCS(C)(=O)=O)ccc3c2C#N)cc1. The largest absolute Gasteiger partial charge is 0.478 e. The van der Waals surface area contributed by atoms with Crippen molar-refractivity contribution >= 4 is 32.5 Å². The highest BCUT2D eigenvalue weighted by Gasteiger charge is 2.17. The van der Waals surface area contributed by atoms with Crippen molar-refractivity contribution < 1.29 is 22.7 Å². The Labute approximate surface area is 180 Å². The van der Waals surface area contributed by atoms with E-state index < -0.39 is 27.5 Å². The number of nitriles is 1. The molecule has 0 aliphatic rings. The van der Waals surface area contributed by atoms with E-state index in [-0.39, 0.29) is 0 Å². The molecule has 2 aromatic carbocycles. The van der Waals surface area contributed by atoms with Crippen LogP contribution in [0.1, 0.15) is 26.3 Å². The van der Waals surface area contributed by atoms with Crippen LogP contribution >= 0.6 is 0 Å². The maximum atomic E-state index is 11.9. The van der Waals surface area contributed by atoms with Gasteiger partial charge in [0, 0.05) is 23.4 Å². The first kappa shape index (κ1) is 22.2. The molecule has 0 atom stereocenters. The van der Waals surface area contributed by atoms with E-state index in [1.807, 2.05) is 0 Å². The van der Waals surface area contributed by atoms with Gasteiger partial charge in [-0.25, -0.2) is 13.2 Å². The Bertz CT molecular complexity index is 1260. The average Bonchev–Trinajstić information content (AvgIpc) is 3.02. The van der Waals surface area contributed by atoms with Crippen LogP contribution in [-0.4, -0.2) is 37.3 Å². The van der Waals surface area contributed by atoms with Crippen LogP contribution in [0.2, 0.25) is 0 Å². The molecule has 0 spiro atoms. The lowest BCUT2D eigenvalue weighted by Gasteiger charge is -2.19. The van der Waals surface area contributed by atoms with Crippen LogP contribution in [-0.2, 0) is 14.6 Å². The van der Waals surface area contributed by atoms with Crippen molar-refractivity contribution in [3.8, 4) is 23.1 Å². The maximum absolute atomic E-state index is 11.9. The number of carbonyl (C=O) groups is 1. The highest BCUT2D eigenvalue weighted by molar-refractivity contribution is 7.90. The van der Waals surface area contributed by atoms with Gasteiger partial charge in [-0.1, -0.05) is 12.1 Å². The van der Waals surface area contributed by atoms with Crippen LogP contribution < -0.4 is 10.1 Å². The molecule has 3 aromatic rings. The van der Waals surface area contributed by atoms with E-state index in [1.54, 1.807) is 63.2 Å². The molecule has 31 heavy (non-hydrogen) atoms. The lowest BCUT2D eigenvalue weighted by molar-refractivity contribution is 0.0636. The van der Waals surface area contributed by atoms with Gasteiger partial charge < -0.3 is 14.5 Å². The average molecular weight is 442 g/mol. The van der Waals surface area contributed by atoms with Gasteiger partial charge in [-0.15, -0.1) is 0 Å². The molecule has 8 nitrogen and oxygen atoms in total. The van der Waals surface area contributed by atoms with Crippen LogP contribution in [0.4, 0.5) is 10.5 Å². The number of ether oxygens (including phenoxy) is 2. The zero-order valence-corrected chi connectivity index (χ0v) is 18.5. The number of aromatic nitrogens is 1. The summed E-state index contributed by atoms with van der Waals surface area (Å²) in [5.74, 6) is -0.0457. The summed E-state index contributed by atoms with van der Waals surface area (Å²) < 4.78 is 33.2. The normalized spacial score (nSPS) is 11.7. The fraction of sp³-hybridized carbons (Fsp3) is 0.273. The Morgan fingerprint density at radius 3 is 2.42 bits per heavy atom. The van der Waals surface area contributed by atoms with E-state index in [9.17, 15) is 18.5 Å². The van der Waals surface area contributed by atoms with Crippen molar-refractivity contribution in [2.45, 2.75) is 26.4 Å². The van der Waals surface area contributed by atoms with E-state index in [4.69, 9.17) is 9.47 Å². The van der Waals surface area contributed by atoms with Gasteiger partial charge in [0.15, 0.2) is 15.8 Å². The van der Waals surface area contributed by atoms with Crippen molar-refractivity contribution in [2.75, 3.05) is 17.5 Å². The fourth-order valence-corrected chi connectivity index (χ4v) is 3.27. The van der Waals surface area contributed by atoms with Crippen LogP contribution in [0.25, 0.3) is 22.2 Å². The number of aromatic amines is 1. The predicted molar refractivity (Wildman–Crippen MR) is 119 cm³/mol. The van der Waals surface area contributed by atoms with Gasteiger partial charge in [0.2, 0.25) is 0 Å². The second-order valence-corrected chi connectivity index (χ2v) is 10.2. The Morgan fingerprint density at radius 1 is 1.16 bits per heavy atom. The third-order valence-electron chi connectivity index (χ3n) is 4.14. The number of nitrogens with zero attached hydrogens (tertiary/aromatic N) is 1. The first-order valence-electron chi connectivity index (χ1n) is 9.42. The van der Waals surface area contributed by atoms with Crippen LogP contribution in [0.15, 0.2) is 42.5 Å². The highest BCUT2D eigenvalue weighted by Crippen LogP contribution is 2.32. The number of benzene rings is 2. The van der Waals surface area contributed by atoms with Crippen molar-refractivity contribution in [3.05, 3.63) is 48.0 Å². The molecule has 0 unspecified atom stereocenters. The zero-order valence-electron chi connectivity index (χ0n) is 17.6. The Hall–Kier alpha value is -3.51. The summed E-state index contributed by atoms with van der Waals surface area (Å²) in [6, 6.07) is 14.2. The molecule has 0 aliphatic carbocycles. The second-order valence-electron chi connectivity index (χ2n) is 8.09. The highest BCUT2D eigenvalue weighted by atomic mass is 32.2. The number of sulfone groups is 1. The molecule has 0 saturated heterocycles. The van der Waals surface area contributed by atoms with Gasteiger partial charge in [-0.3, -0.25) is 5.32 Å². The lowest BCUT2D eigenvalue weighted by atomic mass is 10.1. The van der Waals surface area contributed by atoms with Crippen molar-refractivity contribution in [2.24, 2.45) is 0 Å². The molecule has 1 amide bonds. The second kappa shape index (κ2) is 8.32. The maximum Gasteiger partial charge on any atom is 0.412 e. The first-order valence-corrected chi connectivity index (χ1v) is 11.5. The minimum Gasteiger partial charge on any atom is -0.478 e. The topological polar surface area (TPSA) is 121 Å². The van der Waals surface area contributed by atoms with Crippen LogP contribution in [0, 0.1) is 11.3 Å². The Morgan fingerprint density at radius 2 is 1.84 bits per heavy atom. The van der Waals surface area contributed by atoms with Crippen LogP contribution in [0.5, 0.6) is 5.75 Å². The summed E-state index contributed by atoms with van der Waals surface area (Å²) in [5, 5.41) is 13.0.